The Hall–Kier alpha value is -4.69. The van der Waals surface area contributed by atoms with Crippen LogP contribution in [0.2, 0.25) is 5.02 Å². The van der Waals surface area contributed by atoms with Crippen molar-refractivity contribution >= 4 is 46.3 Å². The van der Waals surface area contributed by atoms with Gasteiger partial charge in [0.15, 0.2) is 6.73 Å². The molecule has 0 saturated heterocycles. The molecule has 9 heteroatoms. The van der Waals surface area contributed by atoms with Crippen LogP contribution in [0.4, 0.5) is 0 Å². The van der Waals surface area contributed by atoms with Crippen LogP contribution < -0.4 is 10.2 Å². The summed E-state index contributed by atoms with van der Waals surface area (Å²) in [5.41, 5.74) is 4.11. The summed E-state index contributed by atoms with van der Waals surface area (Å²) in [6, 6.07) is 21.6. The van der Waals surface area contributed by atoms with Gasteiger partial charge in [-0.2, -0.15) is 5.10 Å². The highest BCUT2D eigenvalue weighted by Crippen LogP contribution is 2.29. The number of phenolic OH excluding ortho intramolecular Hbond substituents is 1. The summed E-state index contributed by atoms with van der Waals surface area (Å²) in [7, 11) is 0. The highest BCUT2D eigenvalue weighted by atomic mass is 35.5. The van der Waals surface area contributed by atoms with Gasteiger partial charge in [0.1, 0.15) is 11.5 Å². The van der Waals surface area contributed by atoms with E-state index in [1.165, 1.54) is 24.4 Å². The van der Waals surface area contributed by atoms with Gasteiger partial charge in [0, 0.05) is 16.5 Å². The molecule has 1 heterocycles. The van der Waals surface area contributed by atoms with Crippen LogP contribution in [0.25, 0.3) is 10.8 Å². The van der Waals surface area contributed by atoms with E-state index in [1.54, 1.807) is 36.4 Å². The van der Waals surface area contributed by atoms with E-state index in [-0.39, 0.29) is 23.1 Å². The molecular weight excluding hydrogens is 482 g/mol. The van der Waals surface area contributed by atoms with Gasteiger partial charge in [-0.3, -0.25) is 14.4 Å². The van der Waals surface area contributed by atoms with Gasteiger partial charge in [-0.1, -0.05) is 48.0 Å². The molecule has 0 aliphatic carbocycles. The highest BCUT2D eigenvalue weighted by molar-refractivity contribution is 6.32. The lowest BCUT2D eigenvalue weighted by molar-refractivity contribution is 0.0524. The average Bonchev–Trinajstić information content (AvgIpc) is 3.14. The van der Waals surface area contributed by atoms with Crippen molar-refractivity contribution in [2.45, 2.75) is 0 Å². The zero-order valence-electron chi connectivity index (χ0n) is 18.6. The third kappa shape index (κ3) is 4.25. The van der Waals surface area contributed by atoms with E-state index in [1.807, 2.05) is 24.3 Å². The number of amides is 3. The number of phenols is 1. The van der Waals surface area contributed by atoms with Gasteiger partial charge in [0.25, 0.3) is 17.7 Å². The van der Waals surface area contributed by atoms with Crippen molar-refractivity contribution in [1.82, 2.24) is 10.3 Å². The number of rotatable bonds is 6. The van der Waals surface area contributed by atoms with Crippen molar-refractivity contribution in [3.05, 3.63) is 106 Å². The van der Waals surface area contributed by atoms with Gasteiger partial charge in [-0.15, -0.1) is 0 Å². The van der Waals surface area contributed by atoms with Crippen LogP contribution in [-0.4, -0.2) is 40.7 Å². The number of benzene rings is 4. The average molecular weight is 500 g/mol. The minimum absolute atomic E-state index is 0.0643. The first-order valence-electron chi connectivity index (χ1n) is 10.9. The third-order valence-corrected chi connectivity index (χ3v) is 6.03. The molecule has 0 radical (unpaired) electrons. The van der Waals surface area contributed by atoms with Crippen LogP contribution in [-0.2, 0) is 0 Å². The summed E-state index contributed by atoms with van der Waals surface area (Å²) in [4.78, 5) is 38.6. The summed E-state index contributed by atoms with van der Waals surface area (Å²) in [5, 5.41) is 15.1. The lowest BCUT2D eigenvalue weighted by Crippen LogP contribution is -2.33. The van der Waals surface area contributed by atoms with E-state index in [2.05, 4.69) is 10.5 Å². The molecule has 8 nitrogen and oxygen atoms in total. The van der Waals surface area contributed by atoms with E-state index in [4.69, 9.17) is 16.3 Å². The highest BCUT2D eigenvalue weighted by Gasteiger charge is 2.35. The van der Waals surface area contributed by atoms with Crippen molar-refractivity contribution in [3.63, 3.8) is 0 Å². The Bertz CT molecular complexity index is 1530. The minimum atomic E-state index is -0.488. The SMILES string of the molecule is O=C(N/N=C/c1ccc(OCN2C(=O)c3ccccc3C2=O)c2ccccc12)c1ccc(O)c(Cl)c1. The van der Waals surface area contributed by atoms with Crippen molar-refractivity contribution < 1.29 is 24.2 Å². The summed E-state index contributed by atoms with van der Waals surface area (Å²) < 4.78 is 5.89. The molecule has 3 amide bonds. The molecule has 178 valence electrons. The lowest BCUT2D eigenvalue weighted by Gasteiger charge is -2.16. The van der Waals surface area contributed by atoms with Crippen LogP contribution in [0.5, 0.6) is 11.5 Å². The van der Waals surface area contributed by atoms with Crippen LogP contribution >= 0.6 is 11.6 Å². The Morgan fingerprint density at radius 2 is 1.61 bits per heavy atom. The van der Waals surface area contributed by atoms with Crippen molar-refractivity contribution in [1.29, 1.82) is 0 Å². The van der Waals surface area contributed by atoms with Gasteiger partial charge in [0.05, 0.1) is 22.4 Å². The van der Waals surface area contributed by atoms with E-state index in [0.29, 0.717) is 22.4 Å². The summed E-state index contributed by atoms with van der Waals surface area (Å²) >= 11 is 5.85. The molecule has 1 aliphatic rings. The number of imide groups is 1. The quantitative estimate of drug-likeness (QED) is 0.229. The number of ether oxygens (including phenoxy) is 1. The number of carbonyl (C=O) groups excluding carboxylic acids is 3. The molecular formula is C27H18ClN3O5. The summed E-state index contributed by atoms with van der Waals surface area (Å²) in [6.07, 6.45) is 1.50. The third-order valence-electron chi connectivity index (χ3n) is 5.72. The van der Waals surface area contributed by atoms with Crippen molar-refractivity contribution in [3.8, 4) is 11.5 Å². The molecule has 2 N–H and O–H groups in total. The molecule has 0 saturated carbocycles. The van der Waals surface area contributed by atoms with Crippen molar-refractivity contribution in [2.75, 3.05) is 6.73 Å². The van der Waals surface area contributed by atoms with Gasteiger partial charge in [0.2, 0.25) is 0 Å². The Balaban J connectivity index is 1.32. The Morgan fingerprint density at radius 1 is 0.944 bits per heavy atom. The Morgan fingerprint density at radius 3 is 2.31 bits per heavy atom. The van der Waals surface area contributed by atoms with Crippen LogP contribution in [0, 0.1) is 0 Å². The van der Waals surface area contributed by atoms with Gasteiger partial charge in [-0.25, -0.2) is 10.3 Å². The fourth-order valence-corrected chi connectivity index (χ4v) is 4.08. The van der Waals surface area contributed by atoms with Crippen molar-refractivity contribution in [2.24, 2.45) is 5.10 Å². The Kier molecular flexibility index (Phi) is 6.10. The number of aromatic hydroxyl groups is 1. The monoisotopic (exact) mass is 499 g/mol. The predicted octanol–water partition coefficient (Wildman–Crippen LogP) is 4.60. The number of fused-ring (bicyclic) bond motifs is 2. The second kappa shape index (κ2) is 9.52. The smallest absolute Gasteiger partial charge is 0.271 e. The van der Waals surface area contributed by atoms with E-state index in [0.717, 1.165) is 15.7 Å². The number of hydrogen-bond acceptors (Lipinski definition) is 6. The van der Waals surface area contributed by atoms with Gasteiger partial charge >= 0.3 is 0 Å². The topological polar surface area (TPSA) is 108 Å². The number of hydrogen-bond donors (Lipinski definition) is 2. The lowest BCUT2D eigenvalue weighted by atomic mass is 10.0. The zero-order valence-corrected chi connectivity index (χ0v) is 19.4. The summed E-state index contributed by atoms with van der Waals surface area (Å²) in [6.45, 7) is -0.227. The predicted molar refractivity (Wildman–Crippen MR) is 135 cm³/mol. The molecule has 0 fully saturated rings. The number of carbonyl (C=O) groups is 3. The fourth-order valence-electron chi connectivity index (χ4n) is 3.90. The molecule has 4 aromatic carbocycles. The molecule has 0 bridgehead atoms. The number of nitrogens with one attached hydrogen (secondary N) is 1. The normalized spacial score (nSPS) is 12.9. The largest absolute Gasteiger partial charge is 0.506 e. The standard InChI is InChI=1S/C27H18ClN3O5/c28-22-13-16(9-11-23(22)32)25(33)30-29-14-17-10-12-24(19-6-2-1-5-18(17)19)36-15-31-26(34)20-7-3-4-8-21(20)27(31)35/h1-14,32H,15H2,(H,30,33)/b29-14+. The molecule has 4 aromatic rings. The van der Waals surface area contributed by atoms with E-state index < -0.39 is 17.7 Å². The molecule has 0 atom stereocenters. The molecule has 36 heavy (non-hydrogen) atoms. The number of nitrogens with zero attached hydrogens (tertiary/aromatic N) is 2. The van der Waals surface area contributed by atoms with Gasteiger partial charge in [-0.05, 0) is 47.9 Å². The van der Waals surface area contributed by atoms with Crippen LogP contribution in [0.15, 0.2) is 84.0 Å². The molecule has 0 aromatic heterocycles. The first-order chi connectivity index (χ1) is 17.4. The maximum atomic E-state index is 12.6. The fraction of sp³-hybridized carbons (Fsp3) is 0.0370. The summed E-state index contributed by atoms with van der Waals surface area (Å²) in [5.74, 6) is -0.905. The van der Waals surface area contributed by atoms with Crippen LogP contribution in [0.1, 0.15) is 36.6 Å². The number of halogens is 1. The maximum Gasteiger partial charge on any atom is 0.271 e. The molecule has 0 unspecified atom stereocenters. The molecule has 5 rings (SSSR count). The second-order valence-electron chi connectivity index (χ2n) is 7.92. The van der Waals surface area contributed by atoms with E-state index >= 15 is 0 Å². The van der Waals surface area contributed by atoms with Gasteiger partial charge < -0.3 is 9.84 Å². The first-order valence-corrected chi connectivity index (χ1v) is 11.2. The zero-order chi connectivity index (χ0) is 25.2. The van der Waals surface area contributed by atoms with Crippen LogP contribution in [0.3, 0.4) is 0 Å². The van der Waals surface area contributed by atoms with E-state index in [9.17, 15) is 19.5 Å². The number of hydrazone groups is 1. The molecule has 1 aliphatic heterocycles. The Labute approximate surface area is 210 Å². The maximum absolute atomic E-state index is 12.6. The second-order valence-corrected chi connectivity index (χ2v) is 8.33. The minimum Gasteiger partial charge on any atom is -0.506 e. The first kappa shape index (κ1) is 23.1. The molecule has 0 spiro atoms.